The van der Waals surface area contributed by atoms with E-state index in [0.717, 1.165) is 6.54 Å². The summed E-state index contributed by atoms with van der Waals surface area (Å²) in [6.07, 6.45) is 0.121. The highest BCUT2D eigenvalue weighted by molar-refractivity contribution is 5.80. The van der Waals surface area contributed by atoms with Crippen molar-refractivity contribution in [1.82, 2.24) is 4.90 Å². The van der Waals surface area contributed by atoms with Crippen molar-refractivity contribution in [2.24, 2.45) is 10.7 Å². The fraction of sp³-hybridized carbons (Fsp3) is 0.667. The van der Waals surface area contributed by atoms with Gasteiger partial charge in [-0.1, -0.05) is 0 Å². The predicted octanol–water partition coefficient (Wildman–Crippen LogP) is -0.909. The van der Waals surface area contributed by atoms with Crippen LogP contribution in [0.5, 0.6) is 0 Å². The van der Waals surface area contributed by atoms with E-state index in [1.807, 2.05) is 0 Å². The lowest BCUT2D eigenvalue weighted by molar-refractivity contribution is -0.137. The number of hydrogen-bond donors (Lipinski definition) is 2. The zero-order chi connectivity index (χ0) is 8.27. The van der Waals surface area contributed by atoms with E-state index in [1.54, 1.807) is 4.90 Å². The topological polar surface area (TPSA) is 78.9 Å². The minimum absolute atomic E-state index is 0.121. The number of carbonyl (C=O) groups is 1. The molecule has 0 amide bonds. The van der Waals surface area contributed by atoms with E-state index in [2.05, 4.69) is 4.99 Å². The second-order valence-corrected chi connectivity index (χ2v) is 2.37. The van der Waals surface area contributed by atoms with Crippen LogP contribution in [0.25, 0.3) is 0 Å². The number of nitrogens with zero attached hydrogens (tertiary/aromatic N) is 2. The van der Waals surface area contributed by atoms with Gasteiger partial charge in [0.2, 0.25) is 0 Å². The molecule has 1 heterocycles. The lowest BCUT2D eigenvalue weighted by atomic mass is 10.4. The number of carboxylic acid groups (broad SMARTS) is 1. The number of aliphatic imine (C=N–C) groups is 1. The molecule has 0 aliphatic carbocycles. The first-order valence-corrected chi connectivity index (χ1v) is 3.47. The Morgan fingerprint density at radius 1 is 1.82 bits per heavy atom. The summed E-state index contributed by atoms with van der Waals surface area (Å²) in [5, 5.41) is 8.35. The van der Waals surface area contributed by atoms with E-state index < -0.39 is 5.97 Å². The molecule has 5 heteroatoms. The highest BCUT2D eigenvalue weighted by Crippen LogP contribution is 1.98. The van der Waals surface area contributed by atoms with Gasteiger partial charge in [0, 0.05) is 13.1 Å². The molecule has 1 aliphatic heterocycles. The van der Waals surface area contributed by atoms with Crippen molar-refractivity contribution in [3.05, 3.63) is 0 Å². The van der Waals surface area contributed by atoms with Gasteiger partial charge in [-0.15, -0.1) is 0 Å². The monoisotopic (exact) mass is 157 g/mol. The lowest BCUT2D eigenvalue weighted by Gasteiger charge is -2.15. The molecule has 0 aromatic carbocycles. The van der Waals surface area contributed by atoms with E-state index in [-0.39, 0.29) is 6.42 Å². The molecule has 0 aromatic rings. The first-order chi connectivity index (χ1) is 5.20. The Morgan fingerprint density at radius 3 is 3.00 bits per heavy atom. The Morgan fingerprint density at radius 2 is 2.55 bits per heavy atom. The molecule has 0 aromatic heterocycles. The fourth-order valence-corrected chi connectivity index (χ4v) is 0.957. The molecule has 1 aliphatic rings. The van der Waals surface area contributed by atoms with Crippen LogP contribution in [0.15, 0.2) is 4.99 Å². The summed E-state index contributed by atoms with van der Waals surface area (Å²) in [5.74, 6) is -0.337. The maximum atomic E-state index is 10.2. The molecule has 0 fully saturated rings. The number of rotatable bonds is 3. The van der Waals surface area contributed by atoms with E-state index >= 15 is 0 Å². The van der Waals surface area contributed by atoms with Gasteiger partial charge in [-0.25, -0.2) is 0 Å². The number of nitrogens with two attached hydrogens (primary N) is 1. The summed E-state index contributed by atoms with van der Waals surface area (Å²) in [6, 6.07) is 0. The van der Waals surface area contributed by atoms with Crippen LogP contribution in [0.3, 0.4) is 0 Å². The lowest BCUT2D eigenvalue weighted by Crippen LogP contribution is -2.35. The number of carboxylic acids is 1. The smallest absolute Gasteiger partial charge is 0.305 e. The third-order valence-electron chi connectivity index (χ3n) is 1.56. The third kappa shape index (κ3) is 2.10. The third-order valence-corrected chi connectivity index (χ3v) is 1.56. The van der Waals surface area contributed by atoms with E-state index in [4.69, 9.17) is 10.8 Å². The highest BCUT2D eigenvalue weighted by Gasteiger charge is 2.13. The van der Waals surface area contributed by atoms with Gasteiger partial charge in [-0.3, -0.25) is 9.79 Å². The molecular formula is C6H11N3O2. The summed E-state index contributed by atoms with van der Waals surface area (Å²) in [7, 11) is 0. The maximum absolute atomic E-state index is 10.2. The van der Waals surface area contributed by atoms with Crippen LogP contribution < -0.4 is 5.73 Å². The first kappa shape index (κ1) is 7.84. The van der Waals surface area contributed by atoms with E-state index in [0.29, 0.717) is 19.0 Å². The molecular weight excluding hydrogens is 146 g/mol. The molecule has 11 heavy (non-hydrogen) atoms. The van der Waals surface area contributed by atoms with Crippen molar-refractivity contribution in [3.8, 4) is 0 Å². The predicted molar refractivity (Wildman–Crippen MR) is 40.3 cm³/mol. The quantitative estimate of drug-likeness (QED) is 0.556. The Labute approximate surface area is 64.5 Å². The fourth-order valence-electron chi connectivity index (χ4n) is 0.957. The van der Waals surface area contributed by atoms with Crippen molar-refractivity contribution in [2.75, 3.05) is 19.6 Å². The van der Waals surface area contributed by atoms with Crippen LogP contribution in [0.4, 0.5) is 0 Å². The van der Waals surface area contributed by atoms with Crippen LogP contribution in [-0.4, -0.2) is 41.6 Å². The van der Waals surface area contributed by atoms with Gasteiger partial charge in [0.25, 0.3) is 0 Å². The molecule has 0 radical (unpaired) electrons. The van der Waals surface area contributed by atoms with Crippen LogP contribution in [-0.2, 0) is 4.79 Å². The van der Waals surface area contributed by atoms with Gasteiger partial charge < -0.3 is 15.7 Å². The van der Waals surface area contributed by atoms with Crippen molar-refractivity contribution in [2.45, 2.75) is 6.42 Å². The minimum Gasteiger partial charge on any atom is -0.481 e. The molecule has 0 saturated heterocycles. The first-order valence-electron chi connectivity index (χ1n) is 3.47. The number of hydrogen-bond acceptors (Lipinski definition) is 4. The van der Waals surface area contributed by atoms with Crippen LogP contribution >= 0.6 is 0 Å². The molecule has 0 spiro atoms. The van der Waals surface area contributed by atoms with Gasteiger partial charge in [0.15, 0.2) is 5.96 Å². The maximum Gasteiger partial charge on any atom is 0.305 e. The number of aliphatic carboxylic acids is 1. The normalized spacial score (nSPS) is 16.7. The standard InChI is InChI=1S/C6H11N3O2/c7-6-8-2-4-9(6)3-1-5(10)11/h1-4H2,(H2,7,8)(H,10,11). The van der Waals surface area contributed by atoms with Gasteiger partial charge in [0.1, 0.15) is 0 Å². The summed E-state index contributed by atoms with van der Waals surface area (Å²) in [6.45, 7) is 1.90. The van der Waals surface area contributed by atoms with E-state index in [1.165, 1.54) is 0 Å². The van der Waals surface area contributed by atoms with Gasteiger partial charge >= 0.3 is 5.97 Å². The summed E-state index contributed by atoms with van der Waals surface area (Å²) in [5.41, 5.74) is 5.45. The van der Waals surface area contributed by atoms with Crippen molar-refractivity contribution < 1.29 is 9.90 Å². The highest BCUT2D eigenvalue weighted by atomic mass is 16.4. The number of guanidine groups is 1. The molecule has 62 valence electrons. The minimum atomic E-state index is -0.801. The van der Waals surface area contributed by atoms with Crippen molar-refractivity contribution >= 4 is 11.9 Å². The zero-order valence-electron chi connectivity index (χ0n) is 6.16. The van der Waals surface area contributed by atoms with Gasteiger partial charge in [0.05, 0.1) is 13.0 Å². The molecule has 1 rings (SSSR count). The molecule has 3 N–H and O–H groups in total. The molecule has 0 saturated carbocycles. The Kier molecular flexibility index (Phi) is 2.30. The summed E-state index contributed by atoms with van der Waals surface area (Å²) in [4.78, 5) is 15.9. The van der Waals surface area contributed by atoms with Crippen molar-refractivity contribution in [3.63, 3.8) is 0 Å². The van der Waals surface area contributed by atoms with Crippen LogP contribution in [0, 0.1) is 0 Å². The average Bonchev–Trinajstić information content (AvgIpc) is 2.31. The largest absolute Gasteiger partial charge is 0.481 e. The summed E-state index contributed by atoms with van der Waals surface area (Å²) < 4.78 is 0. The van der Waals surface area contributed by atoms with Gasteiger partial charge in [-0.2, -0.15) is 0 Å². The Bertz CT molecular complexity index is 190. The molecule has 0 bridgehead atoms. The van der Waals surface area contributed by atoms with Crippen LogP contribution in [0.2, 0.25) is 0 Å². The Balaban J connectivity index is 2.27. The SMILES string of the molecule is NC1=NCCN1CCC(=O)O. The van der Waals surface area contributed by atoms with Crippen molar-refractivity contribution in [1.29, 1.82) is 0 Å². The second kappa shape index (κ2) is 3.23. The zero-order valence-corrected chi connectivity index (χ0v) is 6.16. The Hall–Kier alpha value is -1.26. The summed E-state index contributed by atoms with van der Waals surface area (Å²) >= 11 is 0. The van der Waals surface area contributed by atoms with E-state index in [9.17, 15) is 4.79 Å². The average molecular weight is 157 g/mol. The second-order valence-electron chi connectivity index (χ2n) is 2.37. The molecule has 5 nitrogen and oxygen atoms in total. The molecule has 0 atom stereocenters. The van der Waals surface area contributed by atoms with Crippen LogP contribution in [0.1, 0.15) is 6.42 Å². The molecule has 0 unspecified atom stereocenters. The van der Waals surface area contributed by atoms with Gasteiger partial charge in [-0.05, 0) is 0 Å².